The van der Waals surface area contributed by atoms with Crippen molar-refractivity contribution >= 4 is 16.7 Å². The lowest BCUT2D eigenvalue weighted by atomic mass is 10.2. The Morgan fingerprint density at radius 1 is 1.11 bits per heavy atom. The van der Waals surface area contributed by atoms with Gasteiger partial charge in [0.1, 0.15) is 17.2 Å². The summed E-state index contributed by atoms with van der Waals surface area (Å²) in [4.78, 5) is 0. The molecule has 19 heavy (non-hydrogen) atoms. The molecular formula is C16H14FNO. The van der Waals surface area contributed by atoms with Gasteiger partial charge in [0, 0.05) is 16.6 Å². The zero-order valence-electron chi connectivity index (χ0n) is 10.6. The van der Waals surface area contributed by atoms with Crippen molar-refractivity contribution in [2.24, 2.45) is 0 Å². The SMILES string of the molecule is Cc1c(F)cccc1NCc1cc2ccccc2o1. The maximum atomic E-state index is 13.4. The van der Waals surface area contributed by atoms with Crippen LogP contribution in [0.1, 0.15) is 11.3 Å². The monoisotopic (exact) mass is 255 g/mol. The Kier molecular flexibility index (Phi) is 2.95. The average molecular weight is 255 g/mol. The van der Waals surface area contributed by atoms with Gasteiger partial charge in [-0.05, 0) is 31.2 Å². The van der Waals surface area contributed by atoms with Gasteiger partial charge in [-0.25, -0.2) is 4.39 Å². The van der Waals surface area contributed by atoms with E-state index in [0.717, 1.165) is 22.4 Å². The molecule has 0 fully saturated rings. The summed E-state index contributed by atoms with van der Waals surface area (Å²) in [6.07, 6.45) is 0. The third kappa shape index (κ3) is 2.32. The molecule has 0 bridgehead atoms. The molecule has 3 aromatic rings. The number of hydrogen-bond acceptors (Lipinski definition) is 2. The molecule has 1 aromatic heterocycles. The Labute approximate surface area is 110 Å². The summed E-state index contributed by atoms with van der Waals surface area (Å²) in [7, 11) is 0. The minimum Gasteiger partial charge on any atom is -0.459 e. The van der Waals surface area contributed by atoms with Gasteiger partial charge in [0.05, 0.1) is 6.54 Å². The van der Waals surface area contributed by atoms with Crippen molar-refractivity contribution in [1.82, 2.24) is 0 Å². The molecule has 96 valence electrons. The maximum absolute atomic E-state index is 13.4. The van der Waals surface area contributed by atoms with E-state index in [9.17, 15) is 4.39 Å². The minimum absolute atomic E-state index is 0.199. The summed E-state index contributed by atoms with van der Waals surface area (Å²) in [5.74, 6) is 0.638. The van der Waals surface area contributed by atoms with E-state index in [2.05, 4.69) is 5.32 Å². The molecule has 0 aliphatic rings. The second-order valence-electron chi connectivity index (χ2n) is 4.52. The molecule has 2 nitrogen and oxygen atoms in total. The third-order valence-electron chi connectivity index (χ3n) is 3.20. The van der Waals surface area contributed by atoms with E-state index in [-0.39, 0.29) is 5.82 Å². The fourth-order valence-electron chi connectivity index (χ4n) is 2.11. The molecule has 0 atom stereocenters. The molecule has 3 heteroatoms. The highest BCUT2D eigenvalue weighted by atomic mass is 19.1. The van der Waals surface area contributed by atoms with Crippen LogP contribution in [0.4, 0.5) is 10.1 Å². The lowest BCUT2D eigenvalue weighted by molar-refractivity contribution is 0.559. The summed E-state index contributed by atoms with van der Waals surface area (Å²) in [6, 6.07) is 14.9. The Morgan fingerprint density at radius 3 is 2.79 bits per heavy atom. The molecule has 0 aliphatic heterocycles. The van der Waals surface area contributed by atoms with Crippen molar-refractivity contribution in [3.63, 3.8) is 0 Å². The average Bonchev–Trinajstić information content (AvgIpc) is 2.83. The van der Waals surface area contributed by atoms with E-state index in [1.54, 1.807) is 13.0 Å². The lowest BCUT2D eigenvalue weighted by Gasteiger charge is -2.08. The van der Waals surface area contributed by atoms with Gasteiger partial charge in [0.25, 0.3) is 0 Å². The van der Waals surface area contributed by atoms with Crippen LogP contribution in [-0.4, -0.2) is 0 Å². The molecule has 1 N–H and O–H groups in total. The first kappa shape index (κ1) is 11.8. The van der Waals surface area contributed by atoms with Crippen molar-refractivity contribution in [2.75, 3.05) is 5.32 Å². The van der Waals surface area contributed by atoms with Crippen LogP contribution < -0.4 is 5.32 Å². The van der Waals surface area contributed by atoms with E-state index >= 15 is 0 Å². The highest BCUT2D eigenvalue weighted by Crippen LogP contribution is 2.21. The van der Waals surface area contributed by atoms with Gasteiger partial charge < -0.3 is 9.73 Å². The van der Waals surface area contributed by atoms with Gasteiger partial charge >= 0.3 is 0 Å². The standard InChI is InChI=1S/C16H14FNO/c1-11-14(17)6-4-7-15(11)18-10-13-9-12-5-2-3-8-16(12)19-13/h2-9,18H,10H2,1H3. The third-order valence-corrected chi connectivity index (χ3v) is 3.20. The van der Waals surface area contributed by atoms with Gasteiger partial charge in [-0.3, -0.25) is 0 Å². The number of benzene rings is 2. The number of furan rings is 1. The molecule has 0 unspecified atom stereocenters. The van der Waals surface area contributed by atoms with Gasteiger partial charge in [0.15, 0.2) is 0 Å². The number of anilines is 1. The lowest BCUT2D eigenvalue weighted by Crippen LogP contribution is -2.00. The molecule has 0 spiro atoms. The van der Waals surface area contributed by atoms with Gasteiger partial charge in [0.2, 0.25) is 0 Å². The first-order valence-corrected chi connectivity index (χ1v) is 6.20. The zero-order chi connectivity index (χ0) is 13.2. The quantitative estimate of drug-likeness (QED) is 0.745. The van der Waals surface area contributed by atoms with Gasteiger partial charge in [-0.1, -0.05) is 24.3 Å². The van der Waals surface area contributed by atoms with Crippen molar-refractivity contribution < 1.29 is 8.81 Å². The first-order valence-electron chi connectivity index (χ1n) is 6.20. The summed E-state index contributed by atoms with van der Waals surface area (Å²) < 4.78 is 19.1. The maximum Gasteiger partial charge on any atom is 0.134 e. The molecular weight excluding hydrogens is 241 g/mol. The largest absolute Gasteiger partial charge is 0.459 e. The van der Waals surface area contributed by atoms with Crippen LogP contribution in [-0.2, 0) is 6.54 Å². The summed E-state index contributed by atoms with van der Waals surface area (Å²) >= 11 is 0. The highest BCUT2D eigenvalue weighted by Gasteiger charge is 2.05. The minimum atomic E-state index is -0.199. The number of fused-ring (bicyclic) bond motifs is 1. The zero-order valence-corrected chi connectivity index (χ0v) is 10.6. The van der Waals surface area contributed by atoms with Crippen LogP contribution in [0.5, 0.6) is 0 Å². The van der Waals surface area contributed by atoms with Crippen LogP contribution in [0.15, 0.2) is 52.9 Å². The molecule has 0 radical (unpaired) electrons. The molecule has 1 heterocycles. The predicted octanol–water partition coefficient (Wildman–Crippen LogP) is 4.49. The van der Waals surface area contributed by atoms with E-state index in [1.807, 2.05) is 36.4 Å². The Bertz CT molecular complexity index is 685. The topological polar surface area (TPSA) is 25.2 Å². The van der Waals surface area contributed by atoms with Crippen LogP contribution in [0.2, 0.25) is 0 Å². The molecule has 3 rings (SSSR count). The normalized spacial score (nSPS) is 10.8. The molecule has 0 amide bonds. The highest BCUT2D eigenvalue weighted by molar-refractivity contribution is 5.77. The van der Waals surface area contributed by atoms with Crippen LogP contribution >= 0.6 is 0 Å². The molecule has 0 saturated heterocycles. The fourth-order valence-corrected chi connectivity index (χ4v) is 2.11. The second kappa shape index (κ2) is 4.76. The fraction of sp³-hybridized carbons (Fsp3) is 0.125. The van der Waals surface area contributed by atoms with Crippen molar-refractivity contribution in [1.29, 1.82) is 0 Å². The first-order chi connectivity index (χ1) is 9.24. The summed E-state index contributed by atoms with van der Waals surface area (Å²) in [6.45, 7) is 2.30. The van der Waals surface area contributed by atoms with E-state index in [1.165, 1.54) is 6.07 Å². The van der Waals surface area contributed by atoms with Gasteiger partial charge in [-0.15, -0.1) is 0 Å². The van der Waals surface area contributed by atoms with Crippen molar-refractivity contribution in [3.05, 3.63) is 65.7 Å². The Morgan fingerprint density at radius 2 is 1.95 bits per heavy atom. The predicted molar refractivity (Wildman–Crippen MR) is 74.7 cm³/mol. The summed E-state index contributed by atoms with van der Waals surface area (Å²) in [5, 5.41) is 4.28. The smallest absolute Gasteiger partial charge is 0.134 e. The van der Waals surface area contributed by atoms with Crippen molar-refractivity contribution in [3.8, 4) is 0 Å². The Hall–Kier alpha value is -2.29. The number of nitrogens with one attached hydrogen (secondary N) is 1. The molecule has 2 aromatic carbocycles. The van der Waals surface area contributed by atoms with E-state index in [0.29, 0.717) is 12.1 Å². The van der Waals surface area contributed by atoms with Gasteiger partial charge in [-0.2, -0.15) is 0 Å². The summed E-state index contributed by atoms with van der Waals surface area (Å²) in [5.41, 5.74) is 2.29. The van der Waals surface area contributed by atoms with Crippen LogP contribution in [0.25, 0.3) is 11.0 Å². The number of hydrogen-bond donors (Lipinski definition) is 1. The number of para-hydroxylation sites is 1. The van der Waals surface area contributed by atoms with Crippen molar-refractivity contribution in [2.45, 2.75) is 13.5 Å². The molecule has 0 aliphatic carbocycles. The number of halogens is 1. The van der Waals surface area contributed by atoms with E-state index < -0.39 is 0 Å². The van der Waals surface area contributed by atoms with E-state index in [4.69, 9.17) is 4.42 Å². The molecule has 0 saturated carbocycles. The van der Waals surface area contributed by atoms with Crippen LogP contribution in [0.3, 0.4) is 0 Å². The Balaban J connectivity index is 1.80. The second-order valence-corrected chi connectivity index (χ2v) is 4.52. The van der Waals surface area contributed by atoms with Crippen LogP contribution in [0, 0.1) is 12.7 Å². The number of rotatable bonds is 3.